The summed E-state index contributed by atoms with van der Waals surface area (Å²) in [7, 11) is 0. The van der Waals surface area contributed by atoms with E-state index in [1.807, 2.05) is 0 Å². The lowest BCUT2D eigenvalue weighted by Crippen LogP contribution is -2.27. The number of hydrazone groups is 2. The first kappa shape index (κ1) is 18.6. The molecule has 0 fully saturated rings. The molecule has 2 amide bonds. The summed E-state index contributed by atoms with van der Waals surface area (Å²) in [4.78, 5) is 23.2. The first-order valence-electron chi connectivity index (χ1n) is 7.18. The molecule has 0 aliphatic carbocycles. The number of carbonyl (C=O) groups is 2. The minimum Gasteiger partial charge on any atom is -0.273 e. The first-order chi connectivity index (χ1) is 12.0. The van der Waals surface area contributed by atoms with Gasteiger partial charge in [-0.1, -0.05) is 47.5 Å². The molecule has 2 rings (SSSR count). The van der Waals surface area contributed by atoms with Gasteiger partial charge < -0.3 is 0 Å². The van der Waals surface area contributed by atoms with Crippen molar-refractivity contribution in [3.8, 4) is 0 Å². The van der Waals surface area contributed by atoms with Gasteiger partial charge in [0.15, 0.2) is 0 Å². The number of benzene rings is 2. The van der Waals surface area contributed by atoms with E-state index in [1.165, 1.54) is 12.4 Å². The van der Waals surface area contributed by atoms with Crippen LogP contribution in [0.15, 0.2) is 58.7 Å². The summed E-state index contributed by atoms with van der Waals surface area (Å²) in [5.74, 6) is -1.10. The number of hydrogen-bond donors (Lipinski definition) is 2. The van der Waals surface area contributed by atoms with Gasteiger partial charge >= 0.3 is 0 Å². The molecule has 128 valence electrons. The molecule has 0 atom stereocenters. The van der Waals surface area contributed by atoms with Crippen molar-refractivity contribution in [2.75, 3.05) is 0 Å². The third-order valence-electron chi connectivity index (χ3n) is 2.87. The van der Waals surface area contributed by atoms with Gasteiger partial charge in [0.2, 0.25) is 11.8 Å². The third-order valence-corrected chi connectivity index (χ3v) is 3.37. The average molecular weight is 377 g/mol. The van der Waals surface area contributed by atoms with Crippen molar-refractivity contribution in [3.05, 3.63) is 69.7 Å². The molecule has 0 spiro atoms. The second-order valence-electron chi connectivity index (χ2n) is 4.87. The van der Waals surface area contributed by atoms with Crippen LogP contribution in [0.3, 0.4) is 0 Å². The average Bonchev–Trinajstić information content (AvgIpc) is 2.58. The Morgan fingerprint density at radius 3 is 1.48 bits per heavy atom. The Morgan fingerprint density at radius 1 is 0.760 bits per heavy atom. The summed E-state index contributed by atoms with van der Waals surface area (Å²) in [5.41, 5.74) is 6.05. The fraction of sp³-hybridized carbons (Fsp3) is 0.0588. The fourth-order valence-electron chi connectivity index (χ4n) is 1.68. The molecule has 0 unspecified atom stereocenters. The van der Waals surface area contributed by atoms with E-state index in [0.29, 0.717) is 10.0 Å². The van der Waals surface area contributed by atoms with E-state index in [1.54, 1.807) is 48.5 Å². The number of hydrogen-bond acceptors (Lipinski definition) is 4. The van der Waals surface area contributed by atoms with E-state index < -0.39 is 18.2 Å². The fourth-order valence-corrected chi connectivity index (χ4v) is 1.93. The van der Waals surface area contributed by atoms with Crippen LogP contribution in [0.25, 0.3) is 0 Å². The van der Waals surface area contributed by atoms with Gasteiger partial charge in [0, 0.05) is 10.0 Å². The Kier molecular flexibility index (Phi) is 7.13. The SMILES string of the molecule is O=C(CC(=O)N/N=C\c1ccc(Cl)cc1)N/N=C\c1ccc(Cl)cc1. The Labute approximate surface area is 154 Å². The topological polar surface area (TPSA) is 82.9 Å². The van der Waals surface area contributed by atoms with Crippen LogP contribution in [0, 0.1) is 0 Å². The number of amides is 2. The molecular formula is C17H14Cl2N4O2. The number of nitrogens with zero attached hydrogens (tertiary/aromatic N) is 2. The zero-order valence-corrected chi connectivity index (χ0v) is 14.5. The van der Waals surface area contributed by atoms with Gasteiger partial charge in [0.1, 0.15) is 6.42 Å². The summed E-state index contributed by atoms with van der Waals surface area (Å²) < 4.78 is 0. The second-order valence-corrected chi connectivity index (χ2v) is 5.74. The normalized spacial score (nSPS) is 11.0. The summed E-state index contributed by atoms with van der Waals surface area (Å²) in [6.07, 6.45) is 2.51. The minimum atomic E-state index is -0.551. The molecule has 0 aromatic heterocycles. The molecule has 2 N–H and O–H groups in total. The second kappa shape index (κ2) is 9.56. The quantitative estimate of drug-likeness (QED) is 0.461. The van der Waals surface area contributed by atoms with E-state index in [9.17, 15) is 9.59 Å². The van der Waals surface area contributed by atoms with Gasteiger partial charge in [0.25, 0.3) is 0 Å². The van der Waals surface area contributed by atoms with Crippen LogP contribution in [0.4, 0.5) is 0 Å². The highest BCUT2D eigenvalue weighted by atomic mass is 35.5. The van der Waals surface area contributed by atoms with Crippen molar-refractivity contribution >= 4 is 47.4 Å². The van der Waals surface area contributed by atoms with Gasteiger partial charge in [0.05, 0.1) is 12.4 Å². The van der Waals surface area contributed by atoms with Crippen LogP contribution in [0.1, 0.15) is 17.5 Å². The highest BCUT2D eigenvalue weighted by molar-refractivity contribution is 6.30. The highest BCUT2D eigenvalue weighted by Gasteiger charge is 2.07. The van der Waals surface area contributed by atoms with Gasteiger partial charge in [-0.2, -0.15) is 10.2 Å². The molecule has 2 aromatic carbocycles. The standard InChI is InChI=1S/C17H14Cl2N4O2/c18-14-5-1-12(2-6-14)10-20-22-16(24)9-17(25)23-21-11-13-3-7-15(19)8-4-13/h1-8,10-11H,9H2,(H,22,24)(H,23,25)/b20-10-,21-11-. The summed E-state index contributed by atoms with van der Waals surface area (Å²) in [5, 5.41) is 8.74. The molecule has 25 heavy (non-hydrogen) atoms. The largest absolute Gasteiger partial charge is 0.273 e. The van der Waals surface area contributed by atoms with E-state index in [4.69, 9.17) is 23.2 Å². The molecule has 0 saturated carbocycles. The molecule has 0 aliphatic heterocycles. The molecule has 0 heterocycles. The zero-order valence-electron chi connectivity index (χ0n) is 12.9. The Hall–Kier alpha value is -2.70. The van der Waals surface area contributed by atoms with Gasteiger partial charge in [-0.15, -0.1) is 0 Å². The molecule has 0 saturated heterocycles. The smallest absolute Gasteiger partial charge is 0.249 e. The summed E-state index contributed by atoms with van der Waals surface area (Å²) in [6.45, 7) is 0. The van der Waals surface area contributed by atoms with Crippen molar-refractivity contribution in [2.24, 2.45) is 10.2 Å². The monoisotopic (exact) mass is 376 g/mol. The zero-order chi connectivity index (χ0) is 18.1. The van der Waals surface area contributed by atoms with Crippen molar-refractivity contribution in [3.63, 3.8) is 0 Å². The predicted molar refractivity (Wildman–Crippen MR) is 99.0 cm³/mol. The molecule has 0 aliphatic rings. The Bertz CT molecular complexity index is 720. The summed E-state index contributed by atoms with van der Waals surface area (Å²) in [6, 6.07) is 13.8. The maximum atomic E-state index is 11.6. The third kappa shape index (κ3) is 7.15. The van der Waals surface area contributed by atoms with Crippen molar-refractivity contribution < 1.29 is 9.59 Å². The molecule has 0 radical (unpaired) electrons. The van der Waals surface area contributed by atoms with Crippen LogP contribution >= 0.6 is 23.2 Å². The van der Waals surface area contributed by atoms with Crippen molar-refractivity contribution in [1.29, 1.82) is 0 Å². The van der Waals surface area contributed by atoms with Crippen molar-refractivity contribution in [2.45, 2.75) is 6.42 Å². The van der Waals surface area contributed by atoms with Crippen LogP contribution < -0.4 is 10.9 Å². The maximum Gasteiger partial charge on any atom is 0.249 e. The van der Waals surface area contributed by atoms with E-state index >= 15 is 0 Å². The minimum absolute atomic E-state index is 0.393. The van der Waals surface area contributed by atoms with Crippen LogP contribution in [0.2, 0.25) is 10.0 Å². The van der Waals surface area contributed by atoms with Gasteiger partial charge in [-0.3, -0.25) is 9.59 Å². The molecule has 2 aromatic rings. The predicted octanol–water partition coefficient (Wildman–Crippen LogP) is 2.98. The Morgan fingerprint density at radius 2 is 1.12 bits per heavy atom. The number of halogens is 2. The first-order valence-corrected chi connectivity index (χ1v) is 7.93. The molecule has 8 heteroatoms. The molecule has 6 nitrogen and oxygen atoms in total. The molecular weight excluding hydrogens is 363 g/mol. The van der Waals surface area contributed by atoms with Gasteiger partial charge in [-0.05, 0) is 35.4 Å². The lowest BCUT2D eigenvalue weighted by Gasteiger charge is -1.99. The van der Waals surface area contributed by atoms with E-state index in [2.05, 4.69) is 21.1 Å². The van der Waals surface area contributed by atoms with E-state index in [-0.39, 0.29) is 0 Å². The number of rotatable bonds is 6. The molecule has 0 bridgehead atoms. The summed E-state index contributed by atoms with van der Waals surface area (Å²) >= 11 is 11.5. The number of nitrogens with one attached hydrogen (secondary N) is 2. The highest BCUT2D eigenvalue weighted by Crippen LogP contribution is 2.08. The maximum absolute atomic E-state index is 11.6. The number of carbonyl (C=O) groups excluding carboxylic acids is 2. The van der Waals surface area contributed by atoms with Gasteiger partial charge in [-0.25, -0.2) is 10.9 Å². The van der Waals surface area contributed by atoms with Crippen LogP contribution in [-0.2, 0) is 9.59 Å². The van der Waals surface area contributed by atoms with E-state index in [0.717, 1.165) is 11.1 Å². The lowest BCUT2D eigenvalue weighted by molar-refractivity contribution is -0.129. The van der Waals surface area contributed by atoms with Crippen LogP contribution in [-0.4, -0.2) is 24.2 Å². The Balaban J connectivity index is 1.73. The lowest BCUT2D eigenvalue weighted by atomic mass is 10.2. The van der Waals surface area contributed by atoms with Crippen molar-refractivity contribution in [1.82, 2.24) is 10.9 Å². The van der Waals surface area contributed by atoms with Crippen LogP contribution in [0.5, 0.6) is 0 Å².